The van der Waals surface area contributed by atoms with Gasteiger partial charge in [-0.3, -0.25) is 4.79 Å². The molecule has 1 aliphatic rings. The zero-order valence-corrected chi connectivity index (χ0v) is 16.8. The summed E-state index contributed by atoms with van der Waals surface area (Å²) in [5.74, 6) is 0.482. The first-order valence-electron chi connectivity index (χ1n) is 9.62. The lowest BCUT2D eigenvalue weighted by atomic mass is 9.92. The summed E-state index contributed by atoms with van der Waals surface area (Å²) in [6, 6.07) is 12.4. The van der Waals surface area contributed by atoms with Gasteiger partial charge in [0.1, 0.15) is 5.75 Å². The molecule has 0 aromatic heterocycles. The topological polar surface area (TPSA) is 84.5 Å². The Morgan fingerprint density at radius 1 is 1.04 bits per heavy atom. The molecule has 0 fully saturated rings. The fourth-order valence-electron chi connectivity index (χ4n) is 3.28. The molecule has 150 valence electrons. The van der Waals surface area contributed by atoms with Gasteiger partial charge in [-0.15, -0.1) is 0 Å². The van der Waals surface area contributed by atoms with E-state index in [4.69, 9.17) is 4.74 Å². The van der Waals surface area contributed by atoms with Crippen LogP contribution >= 0.6 is 0 Å². The van der Waals surface area contributed by atoms with Gasteiger partial charge in [-0.2, -0.15) is 0 Å². The Morgan fingerprint density at radius 2 is 1.75 bits per heavy atom. The number of carbonyl (C=O) groups excluding carboxylic acids is 1. The van der Waals surface area contributed by atoms with Crippen LogP contribution in [-0.4, -0.2) is 27.5 Å². The van der Waals surface area contributed by atoms with Crippen molar-refractivity contribution in [1.82, 2.24) is 4.72 Å². The maximum Gasteiger partial charge on any atom is 0.240 e. The molecule has 0 heterocycles. The van der Waals surface area contributed by atoms with Crippen LogP contribution in [0.2, 0.25) is 0 Å². The maximum atomic E-state index is 12.5. The minimum absolute atomic E-state index is 0.0439. The number of aryl methyl sites for hydroxylation is 2. The van der Waals surface area contributed by atoms with Crippen molar-refractivity contribution in [3.63, 3.8) is 0 Å². The molecule has 2 aromatic carbocycles. The normalized spacial score (nSPS) is 13.6. The number of hydrogen-bond donors (Lipinski definition) is 2. The molecule has 2 N–H and O–H groups in total. The van der Waals surface area contributed by atoms with Gasteiger partial charge in [0.2, 0.25) is 15.9 Å². The molecule has 3 rings (SSSR count). The lowest BCUT2D eigenvalue weighted by Gasteiger charge is -2.16. The van der Waals surface area contributed by atoms with Gasteiger partial charge in [-0.1, -0.05) is 6.07 Å². The first kappa shape index (κ1) is 20.4. The summed E-state index contributed by atoms with van der Waals surface area (Å²) in [6.07, 6.45) is 4.23. The van der Waals surface area contributed by atoms with Gasteiger partial charge in [0, 0.05) is 18.7 Å². The Hall–Kier alpha value is -2.38. The van der Waals surface area contributed by atoms with Crippen LogP contribution in [0, 0.1) is 0 Å². The number of rotatable bonds is 8. The van der Waals surface area contributed by atoms with E-state index in [2.05, 4.69) is 10.0 Å². The molecule has 1 aliphatic carbocycles. The van der Waals surface area contributed by atoms with Crippen LogP contribution in [0.15, 0.2) is 47.4 Å². The van der Waals surface area contributed by atoms with Crippen LogP contribution in [0.1, 0.15) is 37.3 Å². The highest BCUT2D eigenvalue weighted by Gasteiger charge is 2.17. The van der Waals surface area contributed by atoms with Gasteiger partial charge in [0.05, 0.1) is 11.5 Å². The van der Waals surface area contributed by atoms with Crippen molar-refractivity contribution in [1.29, 1.82) is 0 Å². The van der Waals surface area contributed by atoms with Gasteiger partial charge < -0.3 is 10.1 Å². The zero-order valence-electron chi connectivity index (χ0n) is 16.0. The minimum atomic E-state index is -3.62. The summed E-state index contributed by atoms with van der Waals surface area (Å²) >= 11 is 0. The number of anilines is 1. The third-order valence-corrected chi connectivity index (χ3v) is 6.18. The molecule has 2 aromatic rings. The summed E-state index contributed by atoms with van der Waals surface area (Å²) in [6.45, 7) is 2.53. The Bertz CT molecular complexity index is 924. The second-order valence-corrected chi connectivity index (χ2v) is 8.56. The molecular weight excluding hydrogens is 376 g/mol. The van der Waals surface area contributed by atoms with E-state index in [1.165, 1.54) is 5.56 Å². The van der Waals surface area contributed by atoms with Crippen molar-refractivity contribution >= 4 is 21.6 Å². The van der Waals surface area contributed by atoms with E-state index in [1.54, 1.807) is 36.4 Å². The SMILES string of the molecule is CCOc1ccc(NC(=O)CCNS(=O)(=O)c2ccc3c(c2)CCCC3)cc1. The lowest BCUT2D eigenvalue weighted by molar-refractivity contribution is -0.116. The summed E-state index contributed by atoms with van der Waals surface area (Å²) in [7, 11) is -3.62. The summed E-state index contributed by atoms with van der Waals surface area (Å²) in [5.41, 5.74) is 2.99. The third kappa shape index (κ3) is 5.33. The van der Waals surface area contributed by atoms with Crippen molar-refractivity contribution < 1.29 is 17.9 Å². The van der Waals surface area contributed by atoms with E-state index >= 15 is 0 Å². The zero-order chi connectivity index (χ0) is 20.0. The number of nitrogens with one attached hydrogen (secondary N) is 2. The van der Waals surface area contributed by atoms with Crippen molar-refractivity contribution in [3.05, 3.63) is 53.6 Å². The van der Waals surface area contributed by atoms with E-state index in [0.717, 1.165) is 37.0 Å². The highest BCUT2D eigenvalue weighted by molar-refractivity contribution is 7.89. The molecule has 6 nitrogen and oxygen atoms in total. The predicted molar refractivity (Wildman–Crippen MR) is 109 cm³/mol. The van der Waals surface area contributed by atoms with E-state index in [1.807, 2.05) is 13.0 Å². The summed E-state index contributed by atoms with van der Waals surface area (Å²) in [5, 5.41) is 2.75. The fourth-order valence-corrected chi connectivity index (χ4v) is 4.37. The molecule has 0 aliphatic heterocycles. The van der Waals surface area contributed by atoms with Crippen LogP contribution in [0.4, 0.5) is 5.69 Å². The number of hydrogen-bond acceptors (Lipinski definition) is 4. The van der Waals surface area contributed by atoms with Gasteiger partial charge >= 0.3 is 0 Å². The first-order valence-corrected chi connectivity index (χ1v) is 11.1. The average Bonchev–Trinajstić information content (AvgIpc) is 2.69. The Labute approximate surface area is 166 Å². The standard InChI is InChI=1S/C21H26N2O4S/c1-2-27-19-10-8-18(9-11-19)23-21(24)13-14-22-28(25,26)20-12-7-16-5-3-4-6-17(16)15-20/h7-12,15,22H,2-6,13-14H2,1H3,(H,23,24). The van der Waals surface area contributed by atoms with Gasteiger partial charge in [0.15, 0.2) is 0 Å². The maximum absolute atomic E-state index is 12.5. The lowest BCUT2D eigenvalue weighted by Crippen LogP contribution is -2.28. The van der Waals surface area contributed by atoms with E-state index in [9.17, 15) is 13.2 Å². The van der Waals surface area contributed by atoms with Crippen LogP contribution < -0.4 is 14.8 Å². The van der Waals surface area contributed by atoms with Crippen LogP contribution in [0.25, 0.3) is 0 Å². The van der Waals surface area contributed by atoms with E-state index < -0.39 is 10.0 Å². The third-order valence-electron chi connectivity index (χ3n) is 4.72. The van der Waals surface area contributed by atoms with Crippen LogP contribution in [0.3, 0.4) is 0 Å². The number of amides is 1. The minimum Gasteiger partial charge on any atom is -0.494 e. The molecule has 0 bridgehead atoms. The van der Waals surface area contributed by atoms with Gasteiger partial charge in [-0.05, 0) is 80.1 Å². The Kier molecular flexibility index (Phi) is 6.70. The molecule has 0 saturated heterocycles. The average molecular weight is 403 g/mol. The molecule has 7 heteroatoms. The molecule has 0 unspecified atom stereocenters. The number of fused-ring (bicyclic) bond motifs is 1. The predicted octanol–water partition coefficient (Wildman–Crippen LogP) is 3.27. The Balaban J connectivity index is 1.51. The smallest absolute Gasteiger partial charge is 0.240 e. The van der Waals surface area contributed by atoms with Gasteiger partial charge in [0.25, 0.3) is 0 Å². The largest absolute Gasteiger partial charge is 0.494 e. The summed E-state index contributed by atoms with van der Waals surface area (Å²) in [4.78, 5) is 12.3. The number of ether oxygens (including phenoxy) is 1. The molecule has 0 atom stereocenters. The second kappa shape index (κ2) is 9.21. The monoisotopic (exact) mass is 402 g/mol. The van der Waals surface area contributed by atoms with Crippen LogP contribution in [0.5, 0.6) is 5.75 Å². The number of sulfonamides is 1. The molecule has 1 amide bonds. The summed E-state index contributed by atoms with van der Waals surface area (Å²) < 4.78 is 32.9. The quantitative estimate of drug-likeness (QED) is 0.710. The van der Waals surface area contributed by atoms with Crippen LogP contribution in [-0.2, 0) is 27.7 Å². The Morgan fingerprint density at radius 3 is 2.46 bits per heavy atom. The molecule has 0 radical (unpaired) electrons. The highest BCUT2D eigenvalue weighted by atomic mass is 32.2. The number of benzene rings is 2. The second-order valence-electron chi connectivity index (χ2n) is 6.79. The molecule has 0 saturated carbocycles. The van der Waals surface area contributed by atoms with Crippen molar-refractivity contribution in [2.75, 3.05) is 18.5 Å². The number of carbonyl (C=O) groups is 1. The van der Waals surface area contributed by atoms with Crippen molar-refractivity contribution in [3.8, 4) is 5.75 Å². The highest BCUT2D eigenvalue weighted by Crippen LogP contribution is 2.24. The first-order chi connectivity index (χ1) is 13.5. The van der Waals surface area contributed by atoms with Crippen molar-refractivity contribution in [2.45, 2.75) is 43.9 Å². The van der Waals surface area contributed by atoms with E-state index in [-0.39, 0.29) is 23.8 Å². The molecule has 28 heavy (non-hydrogen) atoms. The molecular formula is C21H26N2O4S. The molecule has 0 spiro atoms. The fraction of sp³-hybridized carbons (Fsp3) is 0.381. The van der Waals surface area contributed by atoms with Gasteiger partial charge in [-0.25, -0.2) is 13.1 Å². The van der Waals surface area contributed by atoms with Crippen molar-refractivity contribution in [2.24, 2.45) is 0 Å². The van der Waals surface area contributed by atoms with E-state index in [0.29, 0.717) is 12.3 Å².